The summed E-state index contributed by atoms with van der Waals surface area (Å²) in [4.78, 5) is 28.9. The molecule has 0 bridgehead atoms. The van der Waals surface area contributed by atoms with Gasteiger partial charge in [0.25, 0.3) is 5.91 Å². The highest BCUT2D eigenvalue weighted by Gasteiger charge is 2.61. The summed E-state index contributed by atoms with van der Waals surface area (Å²) < 4.78 is 56.3. The van der Waals surface area contributed by atoms with Crippen LogP contribution in [0.5, 0.6) is 5.75 Å². The summed E-state index contributed by atoms with van der Waals surface area (Å²) in [5.41, 5.74) is -5.20. The zero-order valence-electron chi connectivity index (χ0n) is 18.4. The lowest BCUT2D eigenvalue weighted by Gasteiger charge is -2.37. The number of nitrogens with zero attached hydrogens (tertiary/aromatic N) is 1. The van der Waals surface area contributed by atoms with E-state index >= 15 is 0 Å². The predicted molar refractivity (Wildman–Crippen MR) is 114 cm³/mol. The van der Waals surface area contributed by atoms with Gasteiger partial charge < -0.3 is 20.4 Å². The van der Waals surface area contributed by atoms with Crippen LogP contribution in [0.15, 0.2) is 41.6 Å². The average molecular weight is 482 g/mol. The molecule has 2 aromatic carbocycles. The van der Waals surface area contributed by atoms with Crippen molar-refractivity contribution in [1.82, 2.24) is 0 Å². The Morgan fingerprint density at radius 3 is 2.50 bits per heavy atom. The van der Waals surface area contributed by atoms with Crippen LogP contribution in [0.1, 0.15) is 50.0 Å². The van der Waals surface area contributed by atoms with E-state index in [0.717, 1.165) is 12.1 Å². The fourth-order valence-electron chi connectivity index (χ4n) is 3.99. The molecule has 1 amide bonds. The Bertz CT molecular complexity index is 1140. The molecule has 3 rings (SSSR count). The SMILES string of the molecule is CC1=NOC(C=O)c2ccc(NC(=O)C(O)(CC(C)(C)c3c(O)cccc3F)C(F)(F)F)cc21. The van der Waals surface area contributed by atoms with Gasteiger partial charge in [-0.25, -0.2) is 4.39 Å². The number of carbonyl (C=O) groups is 2. The van der Waals surface area contributed by atoms with Crippen LogP contribution in [-0.2, 0) is 19.8 Å². The largest absolute Gasteiger partial charge is 0.508 e. The van der Waals surface area contributed by atoms with E-state index in [-0.39, 0.29) is 5.69 Å². The Labute approximate surface area is 192 Å². The number of phenols is 1. The van der Waals surface area contributed by atoms with Gasteiger partial charge in [-0.2, -0.15) is 13.2 Å². The van der Waals surface area contributed by atoms with E-state index in [1.54, 1.807) is 6.92 Å². The van der Waals surface area contributed by atoms with Crippen molar-refractivity contribution in [2.45, 2.75) is 50.5 Å². The van der Waals surface area contributed by atoms with Crippen LogP contribution in [0.4, 0.5) is 23.2 Å². The molecule has 3 N–H and O–H groups in total. The predicted octanol–water partition coefficient (Wildman–Crippen LogP) is 4.13. The first kappa shape index (κ1) is 25.2. The lowest BCUT2D eigenvalue weighted by Crippen LogP contribution is -2.57. The summed E-state index contributed by atoms with van der Waals surface area (Å²) in [5, 5.41) is 26.4. The number of benzene rings is 2. The van der Waals surface area contributed by atoms with E-state index in [1.807, 2.05) is 5.32 Å². The topological polar surface area (TPSA) is 108 Å². The van der Waals surface area contributed by atoms with Gasteiger partial charge in [0.1, 0.15) is 11.6 Å². The Morgan fingerprint density at radius 1 is 1.24 bits per heavy atom. The Kier molecular flexibility index (Phi) is 6.45. The first-order valence-electron chi connectivity index (χ1n) is 10.1. The normalized spacial score (nSPS) is 17.6. The third-order valence-electron chi connectivity index (χ3n) is 5.65. The highest BCUT2D eigenvalue weighted by atomic mass is 19.4. The molecule has 7 nitrogen and oxygen atoms in total. The molecule has 2 atom stereocenters. The number of carbonyl (C=O) groups excluding carboxylic acids is 2. The highest BCUT2D eigenvalue weighted by Crippen LogP contribution is 2.44. The number of rotatable bonds is 6. The maximum Gasteiger partial charge on any atom is 0.426 e. The number of aliphatic hydroxyl groups is 1. The van der Waals surface area contributed by atoms with Crippen molar-refractivity contribution in [2.24, 2.45) is 5.16 Å². The first-order chi connectivity index (χ1) is 15.7. The van der Waals surface area contributed by atoms with Crippen molar-refractivity contribution in [3.05, 3.63) is 58.9 Å². The van der Waals surface area contributed by atoms with Gasteiger partial charge in [-0.1, -0.05) is 31.1 Å². The summed E-state index contributed by atoms with van der Waals surface area (Å²) in [6, 6.07) is 7.16. The van der Waals surface area contributed by atoms with Crippen molar-refractivity contribution < 1.29 is 42.2 Å². The quantitative estimate of drug-likeness (QED) is 0.424. The van der Waals surface area contributed by atoms with E-state index < -0.39 is 52.8 Å². The molecule has 2 unspecified atom stereocenters. The number of hydrogen-bond acceptors (Lipinski definition) is 6. The van der Waals surface area contributed by atoms with Crippen molar-refractivity contribution in [2.75, 3.05) is 5.32 Å². The number of anilines is 1. The van der Waals surface area contributed by atoms with E-state index in [4.69, 9.17) is 4.84 Å². The maximum absolute atomic E-state index is 14.4. The summed E-state index contributed by atoms with van der Waals surface area (Å²) in [7, 11) is 0. The molecule has 0 radical (unpaired) electrons. The maximum atomic E-state index is 14.4. The monoisotopic (exact) mass is 482 g/mol. The molecule has 1 aliphatic heterocycles. The second-order valence-electron chi connectivity index (χ2n) is 8.65. The van der Waals surface area contributed by atoms with E-state index in [2.05, 4.69) is 5.16 Å². The molecule has 0 fully saturated rings. The molecule has 0 aromatic heterocycles. The summed E-state index contributed by atoms with van der Waals surface area (Å²) in [6.07, 6.45) is -7.23. The smallest absolute Gasteiger partial charge is 0.426 e. The third kappa shape index (κ3) is 4.47. The minimum Gasteiger partial charge on any atom is -0.508 e. The van der Waals surface area contributed by atoms with Gasteiger partial charge in [0.05, 0.1) is 5.71 Å². The van der Waals surface area contributed by atoms with Gasteiger partial charge in [0.15, 0.2) is 6.29 Å². The van der Waals surface area contributed by atoms with Gasteiger partial charge >= 0.3 is 6.18 Å². The van der Waals surface area contributed by atoms with Crippen LogP contribution in [0.25, 0.3) is 0 Å². The van der Waals surface area contributed by atoms with Crippen molar-refractivity contribution in [3.63, 3.8) is 0 Å². The number of oxime groups is 1. The molecule has 0 aliphatic carbocycles. The van der Waals surface area contributed by atoms with Crippen molar-refractivity contribution in [1.29, 1.82) is 0 Å². The number of aldehydes is 1. The van der Waals surface area contributed by atoms with Crippen LogP contribution in [0.2, 0.25) is 0 Å². The van der Waals surface area contributed by atoms with Crippen LogP contribution >= 0.6 is 0 Å². The number of halogens is 4. The first-order valence-corrected chi connectivity index (χ1v) is 10.1. The number of fused-ring (bicyclic) bond motifs is 1. The zero-order valence-corrected chi connectivity index (χ0v) is 18.4. The molecule has 34 heavy (non-hydrogen) atoms. The second kappa shape index (κ2) is 8.71. The Morgan fingerprint density at radius 2 is 1.91 bits per heavy atom. The van der Waals surface area contributed by atoms with E-state index in [0.29, 0.717) is 23.1 Å². The van der Waals surface area contributed by atoms with Gasteiger partial charge in [0.2, 0.25) is 11.7 Å². The number of aromatic hydroxyl groups is 1. The standard InChI is InChI=1S/C23H22F4N2O5/c1-12-15-9-13(7-8-14(15)18(10-30)34-29-12)28-20(32)22(33,23(25,26)27)11-21(2,3)19-16(24)5-4-6-17(19)31/h4-10,18,31,33H,11H2,1-3H3,(H,28,32). The van der Waals surface area contributed by atoms with Crippen molar-refractivity contribution in [3.8, 4) is 5.75 Å². The zero-order chi connectivity index (χ0) is 25.5. The molecule has 1 aliphatic rings. The number of amides is 1. The summed E-state index contributed by atoms with van der Waals surface area (Å²) in [6.45, 7) is 3.89. The summed E-state index contributed by atoms with van der Waals surface area (Å²) >= 11 is 0. The van der Waals surface area contributed by atoms with Crippen molar-refractivity contribution >= 4 is 23.6 Å². The molecule has 0 spiro atoms. The molecule has 182 valence electrons. The summed E-state index contributed by atoms with van der Waals surface area (Å²) in [5.74, 6) is -3.38. The number of hydrogen-bond donors (Lipinski definition) is 3. The molecule has 11 heteroatoms. The number of alkyl halides is 3. The molecule has 2 aromatic rings. The minimum absolute atomic E-state index is 0.0981. The van der Waals surface area contributed by atoms with E-state index in [9.17, 15) is 37.4 Å². The van der Waals surface area contributed by atoms with Crippen LogP contribution in [0.3, 0.4) is 0 Å². The average Bonchev–Trinajstić information content (AvgIpc) is 2.72. The van der Waals surface area contributed by atoms with Crippen LogP contribution in [-0.4, -0.2) is 39.9 Å². The van der Waals surface area contributed by atoms with Gasteiger partial charge in [0, 0.05) is 28.8 Å². The Balaban J connectivity index is 1.96. The molecule has 1 heterocycles. The van der Waals surface area contributed by atoms with Crippen LogP contribution in [0, 0.1) is 5.82 Å². The lowest BCUT2D eigenvalue weighted by atomic mass is 9.74. The number of nitrogens with one attached hydrogen (secondary N) is 1. The van der Waals surface area contributed by atoms with E-state index in [1.165, 1.54) is 38.1 Å². The second-order valence-corrected chi connectivity index (χ2v) is 8.65. The van der Waals surface area contributed by atoms with Gasteiger partial charge in [-0.05, 0) is 36.6 Å². The third-order valence-corrected chi connectivity index (χ3v) is 5.65. The minimum atomic E-state index is -5.43. The van der Waals surface area contributed by atoms with Crippen LogP contribution < -0.4 is 5.32 Å². The molecule has 0 saturated heterocycles. The fourth-order valence-corrected chi connectivity index (χ4v) is 3.99. The molecular formula is C23H22F4N2O5. The number of phenolic OH excluding ortho intramolecular Hbond substituents is 1. The van der Waals surface area contributed by atoms with Gasteiger partial charge in [-0.15, -0.1) is 0 Å². The highest BCUT2D eigenvalue weighted by molar-refractivity contribution is 6.04. The molecule has 0 saturated carbocycles. The lowest BCUT2D eigenvalue weighted by molar-refractivity contribution is -0.254. The Hall–Kier alpha value is -3.47. The fraction of sp³-hybridized carbons (Fsp3) is 0.348. The molecular weight excluding hydrogens is 460 g/mol. The van der Waals surface area contributed by atoms with Gasteiger partial charge in [-0.3, -0.25) is 9.59 Å².